The second-order valence-corrected chi connectivity index (χ2v) is 11.1. The van der Waals surface area contributed by atoms with Gasteiger partial charge in [0.1, 0.15) is 11.2 Å². The highest BCUT2D eigenvalue weighted by molar-refractivity contribution is 6.05. The van der Waals surface area contributed by atoms with Crippen molar-refractivity contribution in [2.75, 3.05) is 0 Å². The average molecular weight is 531 g/mol. The van der Waals surface area contributed by atoms with E-state index in [-0.39, 0.29) is 6.04 Å². The fourth-order valence-electron chi connectivity index (χ4n) is 6.53. The van der Waals surface area contributed by atoms with Crippen LogP contribution in [-0.2, 0) is 6.42 Å². The fourth-order valence-corrected chi connectivity index (χ4v) is 6.53. The Balaban J connectivity index is 1.23. The van der Waals surface area contributed by atoms with Crippen LogP contribution in [0.4, 0.5) is 0 Å². The Morgan fingerprint density at radius 2 is 1.51 bits per heavy atom. The lowest BCUT2D eigenvalue weighted by molar-refractivity contribution is 0.668. The first kappa shape index (κ1) is 24.0. The predicted molar refractivity (Wildman–Crippen MR) is 170 cm³/mol. The van der Waals surface area contributed by atoms with Crippen LogP contribution in [-0.4, -0.2) is 4.57 Å². The lowest BCUT2D eigenvalue weighted by Gasteiger charge is -2.16. The number of fused-ring (bicyclic) bond motifs is 6. The van der Waals surface area contributed by atoms with Crippen molar-refractivity contribution in [3.8, 4) is 5.69 Å². The number of rotatable bonds is 5. The van der Waals surface area contributed by atoms with Gasteiger partial charge in [0.05, 0.1) is 5.52 Å². The molecule has 0 saturated heterocycles. The normalized spacial score (nSPS) is 15.5. The van der Waals surface area contributed by atoms with E-state index < -0.39 is 0 Å². The van der Waals surface area contributed by atoms with Crippen molar-refractivity contribution in [1.82, 2.24) is 4.57 Å². The molecule has 1 unspecified atom stereocenters. The van der Waals surface area contributed by atoms with Crippen LogP contribution in [0.15, 0.2) is 126 Å². The van der Waals surface area contributed by atoms with E-state index in [1.54, 1.807) is 0 Å². The highest BCUT2D eigenvalue weighted by Crippen LogP contribution is 2.33. The van der Waals surface area contributed by atoms with Crippen LogP contribution >= 0.6 is 0 Å². The van der Waals surface area contributed by atoms with Gasteiger partial charge in [0, 0.05) is 44.4 Å². The summed E-state index contributed by atoms with van der Waals surface area (Å²) in [7, 11) is 0. The molecule has 7 aromatic rings. The summed E-state index contributed by atoms with van der Waals surface area (Å²) in [5.74, 6) is 0.297. The monoisotopic (exact) mass is 530 g/mol. The lowest BCUT2D eigenvalue weighted by atomic mass is 9.90. The van der Waals surface area contributed by atoms with Gasteiger partial charge in [-0.3, -0.25) is 0 Å². The SMILES string of the molecule is N[C@@H](Cc1ccccc1)c1cccc(-n2c3c(c4ccccc42)=CC(c2ccc4oc5ccccc5c4c2)CC=3)c1. The third kappa shape index (κ3) is 4.09. The summed E-state index contributed by atoms with van der Waals surface area (Å²) >= 11 is 0. The van der Waals surface area contributed by atoms with Crippen molar-refractivity contribution in [1.29, 1.82) is 0 Å². The van der Waals surface area contributed by atoms with E-state index in [9.17, 15) is 0 Å². The molecule has 0 amide bonds. The Morgan fingerprint density at radius 3 is 2.41 bits per heavy atom. The van der Waals surface area contributed by atoms with Crippen LogP contribution in [0.3, 0.4) is 0 Å². The molecule has 0 radical (unpaired) electrons. The highest BCUT2D eigenvalue weighted by Gasteiger charge is 2.18. The van der Waals surface area contributed by atoms with Gasteiger partial charge in [-0.05, 0) is 65.9 Å². The third-order valence-corrected chi connectivity index (χ3v) is 8.57. The Morgan fingerprint density at radius 1 is 0.732 bits per heavy atom. The second kappa shape index (κ2) is 9.65. The molecule has 2 heterocycles. The van der Waals surface area contributed by atoms with E-state index in [0.29, 0.717) is 5.92 Å². The van der Waals surface area contributed by atoms with E-state index in [2.05, 4.69) is 120 Å². The summed E-state index contributed by atoms with van der Waals surface area (Å²) in [5, 5.41) is 6.19. The van der Waals surface area contributed by atoms with Crippen LogP contribution in [0.1, 0.15) is 35.1 Å². The maximum Gasteiger partial charge on any atom is 0.135 e. The van der Waals surface area contributed by atoms with E-state index >= 15 is 0 Å². The quantitative estimate of drug-likeness (QED) is 0.250. The number of aromatic nitrogens is 1. The number of hydrogen-bond acceptors (Lipinski definition) is 2. The summed E-state index contributed by atoms with van der Waals surface area (Å²) in [4.78, 5) is 0. The molecule has 0 bridgehead atoms. The molecule has 1 aliphatic carbocycles. The molecule has 2 atom stereocenters. The highest BCUT2D eigenvalue weighted by atomic mass is 16.3. The minimum atomic E-state index is -0.0659. The van der Waals surface area contributed by atoms with Gasteiger partial charge in [-0.25, -0.2) is 0 Å². The topological polar surface area (TPSA) is 44.1 Å². The molecule has 0 fully saturated rings. The predicted octanol–water partition coefficient (Wildman–Crippen LogP) is 7.52. The van der Waals surface area contributed by atoms with Gasteiger partial charge in [-0.2, -0.15) is 0 Å². The number of para-hydroxylation sites is 2. The number of benzene rings is 5. The number of furan rings is 1. The van der Waals surface area contributed by atoms with Gasteiger partial charge in [0.15, 0.2) is 0 Å². The Labute approximate surface area is 238 Å². The molecule has 8 rings (SSSR count). The van der Waals surface area contributed by atoms with Crippen molar-refractivity contribution in [3.63, 3.8) is 0 Å². The van der Waals surface area contributed by atoms with Gasteiger partial charge < -0.3 is 14.7 Å². The van der Waals surface area contributed by atoms with Crippen molar-refractivity contribution in [2.24, 2.45) is 5.73 Å². The van der Waals surface area contributed by atoms with Crippen molar-refractivity contribution in [3.05, 3.63) is 149 Å². The smallest absolute Gasteiger partial charge is 0.135 e. The number of hydrogen-bond donors (Lipinski definition) is 1. The van der Waals surface area contributed by atoms with Crippen molar-refractivity contribution in [2.45, 2.75) is 24.8 Å². The standard InChI is InChI=1S/C38H30N2O/c39-34(21-25-9-2-1-3-10-25)28-11-8-12-29(22-28)40-35-15-6-4-13-30(35)32-23-26(17-19-36(32)40)27-18-20-38-33(24-27)31-14-5-7-16-37(31)41-38/h1-16,18-20,22-24,26,34H,17,21,39H2/t26?,34-/m0/s1. The molecule has 2 aromatic heterocycles. The fraction of sp³-hybridized carbons (Fsp3) is 0.105. The minimum Gasteiger partial charge on any atom is -0.456 e. The molecule has 5 aromatic carbocycles. The molecular formula is C38H30N2O. The second-order valence-electron chi connectivity index (χ2n) is 11.1. The van der Waals surface area contributed by atoms with Gasteiger partial charge in [-0.15, -0.1) is 0 Å². The first-order valence-corrected chi connectivity index (χ1v) is 14.4. The molecule has 0 aliphatic heterocycles. The molecular weight excluding hydrogens is 500 g/mol. The van der Waals surface area contributed by atoms with Gasteiger partial charge in [-0.1, -0.05) is 97.1 Å². The first-order chi connectivity index (χ1) is 20.2. The summed E-state index contributed by atoms with van der Waals surface area (Å²) in [6, 6.07) is 42.9. The molecule has 2 N–H and O–H groups in total. The Kier molecular flexibility index (Phi) is 5.65. The Bertz CT molecular complexity index is 2190. The molecule has 3 nitrogen and oxygen atoms in total. The zero-order valence-corrected chi connectivity index (χ0v) is 22.7. The number of nitrogens with two attached hydrogens (primary N) is 1. The van der Waals surface area contributed by atoms with Crippen molar-refractivity contribution >= 4 is 45.0 Å². The maximum atomic E-state index is 6.72. The largest absolute Gasteiger partial charge is 0.456 e. The van der Waals surface area contributed by atoms with Crippen LogP contribution in [0.2, 0.25) is 0 Å². The van der Waals surface area contributed by atoms with Gasteiger partial charge >= 0.3 is 0 Å². The van der Waals surface area contributed by atoms with E-state index in [1.807, 2.05) is 18.2 Å². The summed E-state index contributed by atoms with van der Waals surface area (Å²) < 4.78 is 8.50. The van der Waals surface area contributed by atoms with Gasteiger partial charge in [0.2, 0.25) is 0 Å². The van der Waals surface area contributed by atoms with Crippen LogP contribution in [0.5, 0.6) is 0 Å². The summed E-state index contributed by atoms with van der Waals surface area (Å²) in [6.07, 6.45) is 6.63. The Hall–Kier alpha value is -4.86. The zero-order valence-electron chi connectivity index (χ0n) is 22.7. The zero-order chi connectivity index (χ0) is 27.3. The van der Waals surface area contributed by atoms with Crippen LogP contribution < -0.4 is 16.3 Å². The molecule has 198 valence electrons. The van der Waals surface area contributed by atoms with Crippen molar-refractivity contribution < 1.29 is 4.42 Å². The summed E-state index contributed by atoms with van der Waals surface area (Å²) in [6.45, 7) is 0. The van der Waals surface area contributed by atoms with Gasteiger partial charge in [0.25, 0.3) is 0 Å². The molecule has 0 spiro atoms. The van der Waals surface area contributed by atoms with Crippen LogP contribution in [0, 0.1) is 0 Å². The molecule has 41 heavy (non-hydrogen) atoms. The lowest BCUT2D eigenvalue weighted by Crippen LogP contribution is -2.31. The van der Waals surface area contributed by atoms with E-state index in [4.69, 9.17) is 10.2 Å². The molecule has 1 aliphatic rings. The summed E-state index contributed by atoms with van der Waals surface area (Å²) in [5.41, 5.74) is 14.7. The van der Waals surface area contributed by atoms with E-state index in [1.165, 1.54) is 43.4 Å². The number of nitrogens with zero attached hydrogens (tertiary/aromatic N) is 1. The van der Waals surface area contributed by atoms with E-state index in [0.717, 1.165) is 35.3 Å². The molecule has 3 heteroatoms. The molecule has 0 saturated carbocycles. The van der Waals surface area contributed by atoms with Crippen LogP contribution in [0.25, 0.3) is 50.7 Å². The minimum absolute atomic E-state index is 0.0659. The maximum absolute atomic E-state index is 6.72. The third-order valence-electron chi connectivity index (χ3n) is 8.57. The first-order valence-electron chi connectivity index (χ1n) is 14.4. The average Bonchev–Trinajstić information content (AvgIpc) is 3.56.